The first kappa shape index (κ1) is 14.2. The molecule has 1 aliphatic heterocycles. The van der Waals surface area contributed by atoms with Crippen LogP contribution in [0.25, 0.3) is 6.08 Å². The van der Waals surface area contributed by atoms with E-state index in [0.29, 0.717) is 12.6 Å². The monoisotopic (exact) mass is 279 g/mol. The summed E-state index contributed by atoms with van der Waals surface area (Å²) in [7, 11) is 0. The van der Waals surface area contributed by atoms with Gasteiger partial charge in [0.1, 0.15) is 6.61 Å². The van der Waals surface area contributed by atoms with E-state index in [1.54, 1.807) is 11.3 Å². The van der Waals surface area contributed by atoms with Crippen LogP contribution in [0.3, 0.4) is 0 Å². The van der Waals surface area contributed by atoms with Crippen LogP contribution in [-0.4, -0.2) is 11.9 Å². The van der Waals surface area contributed by atoms with Crippen LogP contribution in [0.4, 0.5) is 0 Å². The molecule has 0 spiro atoms. The fourth-order valence-corrected chi connectivity index (χ4v) is 3.07. The summed E-state index contributed by atoms with van der Waals surface area (Å²) in [4.78, 5) is 11.5. The van der Waals surface area contributed by atoms with Crippen molar-refractivity contribution in [1.82, 2.24) is 0 Å². The molecule has 2 heterocycles. The van der Waals surface area contributed by atoms with E-state index in [-0.39, 0.29) is 0 Å². The third kappa shape index (κ3) is 4.78. The topological polar surface area (TPSA) is 73.6 Å². The Bertz CT molecular complexity index is 453. The van der Waals surface area contributed by atoms with Gasteiger partial charge in [-0.1, -0.05) is 12.5 Å². The maximum Gasteiger partial charge on any atom is 0.102 e. The molecule has 1 aliphatic rings. The van der Waals surface area contributed by atoms with Crippen LogP contribution in [-0.2, 0) is 11.4 Å². The Morgan fingerprint density at radius 2 is 2.32 bits per heavy atom. The van der Waals surface area contributed by atoms with Crippen molar-refractivity contribution in [2.45, 2.75) is 44.8 Å². The standard InChI is InChI=1S/C14H21N3OS/c15-14-7-2-1-4-11(17-14)5-3-6-12-8-9-13(19-12)10-18-16/h3,6,8-9,11H,1-2,4-5,7,10,16H2,(H2,15,17). The van der Waals surface area contributed by atoms with Crippen molar-refractivity contribution in [2.24, 2.45) is 16.6 Å². The van der Waals surface area contributed by atoms with Crippen molar-refractivity contribution < 1.29 is 4.84 Å². The van der Waals surface area contributed by atoms with Crippen molar-refractivity contribution in [2.75, 3.05) is 0 Å². The molecular weight excluding hydrogens is 258 g/mol. The molecule has 1 aromatic rings. The lowest BCUT2D eigenvalue weighted by Gasteiger charge is -2.06. The zero-order chi connectivity index (χ0) is 13.5. The number of aliphatic imine (C=N–C) groups is 1. The molecule has 5 heteroatoms. The average Bonchev–Trinajstić information content (AvgIpc) is 2.72. The molecule has 0 bridgehead atoms. The zero-order valence-corrected chi connectivity index (χ0v) is 11.9. The SMILES string of the molecule is NOCc1ccc(C=CCC2CCCCC(N)=N2)s1. The summed E-state index contributed by atoms with van der Waals surface area (Å²) in [6.07, 6.45) is 9.77. The number of amidine groups is 1. The van der Waals surface area contributed by atoms with E-state index in [0.717, 1.165) is 30.0 Å². The summed E-state index contributed by atoms with van der Waals surface area (Å²) in [5.74, 6) is 5.87. The number of hydrogen-bond acceptors (Lipinski definition) is 5. The fourth-order valence-electron chi connectivity index (χ4n) is 2.21. The molecular formula is C14H21N3OS. The maximum atomic E-state index is 5.85. The Balaban J connectivity index is 1.86. The van der Waals surface area contributed by atoms with Crippen molar-refractivity contribution in [3.05, 3.63) is 28.0 Å². The lowest BCUT2D eigenvalue weighted by molar-refractivity contribution is 0.126. The van der Waals surface area contributed by atoms with Gasteiger partial charge in [-0.25, -0.2) is 5.90 Å². The van der Waals surface area contributed by atoms with Gasteiger partial charge in [0.25, 0.3) is 0 Å². The van der Waals surface area contributed by atoms with E-state index in [1.807, 2.05) is 6.07 Å². The second kappa shape index (κ2) is 7.43. The van der Waals surface area contributed by atoms with Gasteiger partial charge in [0.15, 0.2) is 0 Å². The van der Waals surface area contributed by atoms with Crippen molar-refractivity contribution in [3.63, 3.8) is 0 Å². The van der Waals surface area contributed by atoms with Gasteiger partial charge in [-0.3, -0.25) is 9.83 Å². The first-order valence-corrected chi connectivity index (χ1v) is 7.48. The molecule has 0 fully saturated rings. The molecule has 0 saturated carbocycles. The summed E-state index contributed by atoms with van der Waals surface area (Å²) in [5.41, 5.74) is 5.85. The molecule has 1 atom stereocenters. The number of hydrogen-bond donors (Lipinski definition) is 2. The summed E-state index contributed by atoms with van der Waals surface area (Å²) in [5, 5.41) is 0. The minimum atomic E-state index is 0.352. The van der Waals surface area contributed by atoms with Crippen LogP contribution in [0.5, 0.6) is 0 Å². The summed E-state index contributed by atoms with van der Waals surface area (Å²) >= 11 is 1.70. The quantitative estimate of drug-likeness (QED) is 0.814. The highest BCUT2D eigenvalue weighted by atomic mass is 32.1. The molecule has 0 amide bonds. The smallest absolute Gasteiger partial charge is 0.102 e. The second-order valence-corrected chi connectivity index (χ2v) is 5.97. The molecule has 1 aromatic heterocycles. The normalized spacial score (nSPS) is 20.5. The van der Waals surface area contributed by atoms with Gasteiger partial charge in [0.05, 0.1) is 11.9 Å². The maximum absolute atomic E-state index is 5.85. The average molecular weight is 279 g/mol. The number of nitrogens with two attached hydrogens (primary N) is 2. The van der Waals surface area contributed by atoms with Crippen molar-refractivity contribution in [3.8, 4) is 0 Å². The van der Waals surface area contributed by atoms with E-state index in [2.05, 4.69) is 28.0 Å². The van der Waals surface area contributed by atoms with Gasteiger partial charge in [-0.15, -0.1) is 11.3 Å². The second-order valence-electron chi connectivity index (χ2n) is 4.77. The lowest BCUT2D eigenvalue weighted by atomic mass is 10.1. The van der Waals surface area contributed by atoms with E-state index >= 15 is 0 Å². The van der Waals surface area contributed by atoms with Crippen molar-refractivity contribution >= 4 is 23.2 Å². The van der Waals surface area contributed by atoms with Gasteiger partial charge in [0.2, 0.25) is 0 Å². The highest BCUT2D eigenvalue weighted by molar-refractivity contribution is 7.12. The van der Waals surface area contributed by atoms with Crippen LogP contribution in [0.1, 0.15) is 41.9 Å². The summed E-state index contributed by atoms with van der Waals surface area (Å²) in [6, 6.07) is 4.48. The van der Waals surface area contributed by atoms with Crippen LogP contribution in [0.15, 0.2) is 23.2 Å². The molecule has 0 aliphatic carbocycles. The highest BCUT2D eigenvalue weighted by Gasteiger charge is 2.10. The van der Waals surface area contributed by atoms with Gasteiger partial charge in [0, 0.05) is 16.2 Å². The molecule has 4 N–H and O–H groups in total. The minimum absolute atomic E-state index is 0.352. The number of thiophene rings is 1. The van der Waals surface area contributed by atoms with Crippen molar-refractivity contribution in [1.29, 1.82) is 0 Å². The van der Waals surface area contributed by atoms with Gasteiger partial charge < -0.3 is 5.73 Å². The molecule has 0 aromatic carbocycles. The van der Waals surface area contributed by atoms with Crippen LogP contribution in [0.2, 0.25) is 0 Å². The first-order valence-electron chi connectivity index (χ1n) is 6.67. The molecule has 1 unspecified atom stereocenters. The van der Waals surface area contributed by atoms with Crippen LogP contribution < -0.4 is 11.6 Å². The van der Waals surface area contributed by atoms with Crippen LogP contribution >= 0.6 is 11.3 Å². The number of nitrogens with zero attached hydrogens (tertiary/aromatic N) is 1. The Hall–Kier alpha value is -1.17. The molecule has 104 valence electrons. The fraction of sp³-hybridized carbons (Fsp3) is 0.500. The van der Waals surface area contributed by atoms with E-state index in [4.69, 9.17) is 11.6 Å². The third-order valence-corrected chi connectivity index (χ3v) is 4.19. The van der Waals surface area contributed by atoms with Crippen LogP contribution in [0, 0.1) is 0 Å². The van der Waals surface area contributed by atoms with E-state index < -0.39 is 0 Å². The molecule has 0 radical (unpaired) electrons. The van der Waals surface area contributed by atoms with E-state index in [9.17, 15) is 0 Å². The lowest BCUT2D eigenvalue weighted by Crippen LogP contribution is -2.13. The molecule has 4 nitrogen and oxygen atoms in total. The largest absolute Gasteiger partial charge is 0.387 e. The first-order chi connectivity index (χ1) is 9.28. The molecule has 0 saturated heterocycles. The Morgan fingerprint density at radius 3 is 3.16 bits per heavy atom. The van der Waals surface area contributed by atoms with E-state index in [1.165, 1.54) is 17.7 Å². The Labute approximate surface area is 118 Å². The van der Waals surface area contributed by atoms with Gasteiger partial charge in [-0.2, -0.15) is 0 Å². The highest BCUT2D eigenvalue weighted by Crippen LogP contribution is 2.20. The van der Waals surface area contributed by atoms with Gasteiger partial charge in [-0.05, 0) is 37.5 Å². The molecule has 2 rings (SSSR count). The summed E-state index contributed by atoms with van der Waals surface area (Å²) in [6.45, 7) is 0.474. The number of rotatable bonds is 5. The third-order valence-electron chi connectivity index (χ3n) is 3.17. The van der Waals surface area contributed by atoms with Gasteiger partial charge >= 0.3 is 0 Å². The molecule has 19 heavy (non-hydrogen) atoms. The minimum Gasteiger partial charge on any atom is -0.387 e. The predicted octanol–water partition coefficient (Wildman–Crippen LogP) is 2.84. The summed E-state index contributed by atoms with van der Waals surface area (Å²) < 4.78 is 0. The predicted molar refractivity (Wildman–Crippen MR) is 80.8 cm³/mol. The Morgan fingerprint density at radius 1 is 1.42 bits per heavy atom. The Kier molecular flexibility index (Phi) is 5.57. The zero-order valence-electron chi connectivity index (χ0n) is 11.0.